The molecule has 0 saturated heterocycles. The van der Waals surface area contributed by atoms with Gasteiger partial charge in [0.15, 0.2) is 0 Å². The zero-order valence-corrected chi connectivity index (χ0v) is 14.0. The molecule has 0 heterocycles. The summed E-state index contributed by atoms with van der Waals surface area (Å²) in [6.07, 6.45) is 5.40. The van der Waals surface area contributed by atoms with Gasteiger partial charge in [-0.05, 0) is 48.8 Å². The number of likely N-dealkylation sites (N-methyl/N-ethyl adjacent to an activating group) is 1. The number of carbonyl (C=O) groups is 2. The van der Waals surface area contributed by atoms with Gasteiger partial charge in [-0.1, -0.05) is 25.1 Å². The quantitative estimate of drug-likeness (QED) is 0.810. The van der Waals surface area contributed by atoms with Crippen LogP contribution in [0.15, 0.2) is 18.2 Å². The van der Waals surface area contributed by atoms with Crippen LogP contribution in [-0.4, -0.2) is 42.0 Å². The number of aryl methyl sites for hydroxylation is 2. The lowest BCUT2D eigenvalue weighted by Crippen LogP contribution is -2.43. The molecule has 2 rings (SSSR count). The molecule has 23 heavy (non-hydrogen) atoms. The van der Waals surface area contributed by atoms with E-state index in [1.54, 1.807) is 0 Å². The molecule has 1 aromatic rings. The van der Waals surface area contributed by atoms with E-state index in [2.05, 4.69) is 23.5 Å². The van der Waals surface area contributed by atoms with Crippen LogP contribution in [-0.2, 0) is 22.4 Å². The number of hydrogen-bond donors (Lipinski definition) is 2. The summed E-state index contributed by atoms with van der Waals surface area (Å²) in [5.41, 5.74) is 3.82. The fourth-order valence-electron chi connectivity index (χ4n) is 3.04. The molecule has 1 aliphatic rings. The number of hydrogen-bond acceptors (Lipinski definition) is 3. The van der Waals surface area contributed by atoms with Gasteiger partial charge in [0, 0.05) is 13.6 Å². The van der Waals surface area contributed by atoms with Crippen molar-refractivity contribution in [3.05, 3.63) is 34.9 Å². The van der Waals surface area contributed by atoms with Gasteiger partial charge in [0.25, 0.3) is 0 Å². The van der Waals surface area contributed by atoms with E-state index >= 15 is 0 Å². The fourth-order valence-corrected chi connectivity index (χ4v) is 3.04. The van der Waals surface area contributed by atoms with E-state index in [0.717, 1.165) is 24.8 Å². The van der Waals surface area contributed by atoms with Crippen LogP contribution in [0.5, 0.6) is 0 Å². The van der Waals surface area contributed by atoms with Crippen LogP contribution in [0.2, 0.25) is 0 Å². The number of amides is 2. The third-order valence-corrected chi connectivity index (χ3v) is 4.46. The second-order valence-corrected chi connectivity index (χ2v) is 6.12. The Hall–Kier alpha value is -1.88. The molecule has 1 atom stereocenters. The Morgan fingerprint density at radius 3 is 2.61 bits per heavy atom. The van der Waals surface area contributed by atoms with Crippen LogP contribution >= 0.6 is 0 Å². The van der Waals surface area contributed by atoms with E-state index in [4.69, 9.17) is 5.11 Å². The standard InChI is InChI=1S/C18H26N2O3/c1-3-16(19-17(22)18(23)20(2)10-11-21)15-9-8-13-6-4-5-7-14(13)12-15/h8-9,12,16,21H,3-7,10-11H2,1-2H3,(H,19,22). The number of fused-ring (bicyclic) bond motifs is 1. The lowest BCUT2D eigenvalue weighted by atomic mass is 9.89. The van der Waals surface area contributed by atoms with Gasteiger partial charge in [0.2, 0.25) is 0 Å². The molecule has 5 heteroatoms. The minimum Gasteiger partial charge on any atom is -0.395 e. The van der Waals surface area contributed by atoms with Gasteiger partial charge in [-0.25, -0.2) is 0 Å². The molecule has 0 radical (unpaired) electrons. The number of nitrogens with one attached hydrogen (secondary N) is 1. The van der Waals surface area contributed by atoms with Gasteiger partial charge < -0.3 is 15.3 Å². The number of aliphatic hydroxyl groups is 1. The zero-order valence-electron chi connectivity index (χ0n) is 14.0. The van der Waals surface area contributed by atoms with Crippen molar-refractivity contribution < 1.29 is 14.7 Å². The van der Waals surface area contributed by atoms with Crippen LogP contribution in [0.3, 0.4) is 0 Å². The normalized spacial score (nSPS) is 14.7. The Balaban J connectivity index is 2.07. The molecule has 0 saturated carbocycles. The highest BCUT2D eigenvalue weighted by atomic mass is 16.3. The summed E-state index contributed by atoms with van der Waals surface area (Å²) in [7, 11) is 1.51. The Morgan fingerprint density at radius 1 is 1.26 bits per heavy atom. The van der Waals surface area contributed by atoms with Crippen molar-refractivity contribution in [2.24, 2.45) is 0 Å². The summed E-state index contributed by atoms with van der Waals surface area (Å²) in [4.78, 5) is 25.3. The maximum atomic E-state index is 12.1. The third-order valence-electron chi connectivity index (χ3n) is 4.46. The molecule has 0 fully saturated rings. The van der Waals surface area contributed by atoms with E-state index < -0.39 is 11.8 Å². The maximum absolute atomic E-state index is 12.1. The van der Waals surface area contributed by atoms with Crippen molar-refractivity contribution in [2.75, 3.05) is 20.2 Å². The van der Waals surface area contributed by atoms with Crippen LogP contribution < -0.4 is 5.32 Å². The summed E-state index contributed by atoms with van der Waals surface area (Å²) in [5, 5.41) is 11.7. The van der Waals surface area contributed by atoms with Crippen molar-refractivity contribution in [1.82, 2.24) is 10.2 Å². The Morgan fingerprint density at radius 2 is 1.96 bits per heavy atom. The van der Waals surface area contributed by atoms with E-state index in [1.165, 1.54) is 35.9 Å². The second kappa shape index (κ2) is 8.11. The Kier molecular flexibility index (Phi) is 6.16. The molecule has 1 aromatic carbocycles. The molecule has 0 aliphatic heterocycles. The van der Waals surface area contributed by atoms with Crippen molar-refractivity contribution in [1.29, 1.82) is 0 Å². The molecule has 2 amide bonds. The highest BCUT2D eigenvalue weighted by Crippen LogP contribution is 2.26. The maximum Gasteiger partial charge on any atom is 0.311 e. The number of benzene rings is 1. The number of aliphatic hydroxyl groups excluding tert-OH is 1. The summed E-state index contributed by atoms with van der Waals surface area (Å²) in [6, 6.07) is 6.21. The SMILES string of the molecule is CCC(NC(=O)C(=O)N(C)CCO)c1ccc2c(c1)CCCC2. The largest absolute Gasteiger partial charge is 0.395 e. The number of carbonyl (C=O) groups excluding carboxylic acids is 2. The Labute approximate surface area is 137 Å². The molecule has 0 bridgehead atoms. The number of rotatable bonds is 5. The molecular weight excluding hydrogens is 292 g/mol. The monoisotopic (exact) mass is 318 g/mol. The first kappa shape index (κ1) is 17.5. The molecule has 1 aliphatic carbocycles. The highest BCUT2D eigenvalue weighted by molar-refractivity contribution is 6.35. The minimum atomic E-state index is -0.620. The zero-order chi connectivity index (χ0) is 16.8. The van der Waals surface area contributed by atoms with E-state index in [9.17, 15) is 9.59 Å². The van der Waals surface area contributed by atoms with Crippen LogP contribution in [0, 0.1) is 0 Å². The van der Waals surface area contributed by atoms with Crippen molar-refractivity contribution in [2.45, 2.75) is 45.1 Å². The molecule has 0 aromatic heterocycles. The lowest BCUT2D eigenvalue weighted by molar-refractivity contribution is -0.145. The van der Waals surface area contributed by atoms with Crippen LogP contribution in [0.4, 0.5) is 0 Å². The lowest BCUT2D eigenvalue weighted by Gasteiger charge is -2.22. The molecule has 5 nitrogen and oxygen atoms in total. The van der Waals surface area contributed by atoms with Gasteiger partial charge in [-0.15, -0.1) is 0 Å². The van der Waals surface area contributed by atoms with E-state index in [-0.39, 0.29) is 19.2 Å². The third kappa shape index (κ3) is 4.32. The minimum absolute atomic E-state index is 0.155. The summed E-state index contributed by atoms with van der Waals surface area (Å²) in [5.74, 6) is -1.24. The van der Waals surface area contributed by atoms with Gasteiger partial charge in [0.1, 0.15) is 0 Å². The van der Waals surface area contributed by atoms with Gasteiger partial charge in [-0.2, -0.15) is 0 Å². The first-order valence-corrected chi connectivity index (χ1v) is 8.35. The van der Waals surface area contributed by atoms with Crippen molar-refractivity contribution >= 4 is 11.8 Å². The fraction of sp³-hybridized carbons (Fsp3) is 0.556. The van der Waals surface area contributed by atoms with Gasteiger partial charge in [-0.3, -0.25) is 9.59 Å². The van der Waals surface area contributed by atoms with Crippen molar-refractivity contribution in [3.8, 4) is 0 Å². The predicted molar refractivity (Wildman–Crippen MR) is 89.0 cm³/mol. The molecule has 1 unspecified atom stereocenters. The highest BCUT2D eigenvalue weighted by Gasteiger charge is 2.22. The second-order valence-electron chi connectivity index (χ2n) is 6.12. The van der Waals surface area contributed by atoms with Crippen molar-refractivity contribution in [3.63, 3.8) is 0 Å². The average Bonchev–Trinajstić information content (AvgIpc) is 2.58. The first-order chi connectivity index (χ1) is 11.1. The van der Waals surface area contributed by atoms with E-state index in [1.807, 2.05) is 6.92 Å². The summed E-state index contributed by atoms with van der Waals surface area (Å²) < 4.78 is 0. The molecule has 126 valence electrons. The van der Waals surface area contributed by atoms with Gasteiger partial charge in [0.05, 0.1) is 12.6 Å². The predicted octanol–water partition coefficient (Wildman–Crippen LogP) is 1.58. The molecular formula is C18H26N2O3. The van der Waals surface area contributed by atoms with Crippen LogP contribution in [0.25, 0.3) is 0 Å². The smallest absolute Gasteiger partial charge is 0.311 e. The average molecular weight is 318 g/mol. The Bertz CT molecular complexity index is 571. The summed E-state index contributed by atoms with van der Waals surface area (Å²) in [6.45, 7) is 1.99. The van der Waals surface area contributed by atoms with E-state index in [0.29, 0.717) is 0 Å². The molecule has 2 N–H and O–H groups in total. The summed E-state index contributed by atoms with van der Waals surface area (Å²) >= 11 is 0. The first-order valence-electron chi connectivity index (χ1n) is 8.35. The van der Waals surface area contributed by atoms with Gasteiger partial charge >= 0.3 is 11.8 Å². The number of nitrogens with zero attached hydrogens (tertiary/aromatic N) is 1. The van der Waals surface area contributed by atoms with Crippen LogP contribution in [0.1, 0.15) is 48.9 Å². The molecule has 0 spiro atoms. The topological polar surface area (TPSA) is 69.6 Å².